The number of primary amides is 2. The molecule has 1 aliphatic heterocycles. The number of rotatable bonds is 9. The number of hydrogen-bond donors (Lipinski definition) is 4. The summed E-state index contributed by atoms with van der Waals surface area (Å²) in [5.74, 6) is -0.350. The van der Waals surface area contributed by atoms with Gasteiger partial charge in [0, 0.05) is 23.7 Å². The molecule has 2 aliphatic carbocycles. The van der Waals surface area contributed by atoms with E-state index in [2.05, 4.69) is 32.0 Å². The van der Waals surface area contributed by atoms with E-state index in [9.17, 15) is 19.6 Å². The summed E-state index contributed by atoms with van der Waals surface area (Å²) in [5.41, 5.74) is 14.9. The van der Waals surface area contributed by atoms with Gasteiger partial charge in [-0.25, -0.2) is 0 Å². The Kier molecular flexibility index (Phi) is 7.66. The first kappa shape index (κ1) is 28.5. The summed E-state index contributed by atoms with van der Waals surface area (Å²) in [7, 11) is 0. The van der Waals surface area contributed by atoms with E-state index >= 15 is 0 Å². The molecule has 3 aliphatic rings. The maximum Gasteiger partial charge on any atom is 0.248 e. The van der Waals surface area contributed by atoms with Crippen molar-refractivity contribution in [2.24, 2.45) is 17.4 Å². The molecule has 0 bridgehead atoms. The number of nitrogens with zero attached hydrogens (tertiary/aromatic N) is 5. The minimum atomic E-state index is -0.931. The van der Waals surface area contributed by atoms with Crippen LogP contribution in [0.25, 0.3) is 0 Å². The molecular formula is C31H35N9O3. The Bertz CT molecular complexity index is 1530. The summed E-state index contributed by atoms with van der Waals surface area (Å²) < 4.78 is 0. The Morgan fingerprint density at radius 1 is 1.02 bits per heavy atom. The van der Waals surface area contributed by atoms with E-state index in [0.29, 0.717) is 55.1 Å². The minimum absolute atomic E-state index is 0.0825. The average Bonchev–Trinajstić information content (AvgIpc) is 3.67. The van der Waals surface area contributed by atoms with Crippen LogP contribution in [0.5, 0.6) is 0 Å². The van der Waals surface area contributed by atoms with Gasteiger partial charge >= 0.3 is 0 Å². The van der Waals surface area contributed by atoms with Gasteiger partial charge in [-0.3, -0.25) is 14.4 Å². The number of fused-ring (bicyclic) bond motifs is 2. The molecule has 6 rings (SSSR count). The first-order valence-corrected chi connectivity index (χ1v) is 14.8. The summed E-state index contributed by atoms with van der Waals surface area (Å²) in [6.07, 6.45) is 6.34. The van der Waals surface area contributed by atoms with Gasteiger partial charge in [0.25, 0.3) is 0 Å². The van der Waals surface area contributed by atoms with Crippen LogP contribution in [-0.4, -0.2) is 68.4 Å². The highest BCUT2D eigenvalue weighted by Gasteiger charge is 2.48. The lowest BCUT2D eigenvalue weighted by Gasteiger charge is -2.42. The third-order valence-corrected chi connectivity index (χ3v) is 9.57. The van der Waals surface area contributed by atoms with Gasteiger partial charge in [0.1, 0.15) is 6.04 Å². The van der Waals surface area contributed by atoms with Gasteiger partial charge < -0.3 is 21.7 Å². The smallest absolute Gasteiger partial charge is 0.248 e. The largest absolute Gasteiger partial charge is 0.366 e. The van der Waals surface area contributed by atoms with E-state index in [1.165, 1.54) is 0 Å². The van der Waals surface area contributed by atoms with Gasteiger partial charge in [-0.2, -0.15) is 10.5 Å². The number of tetrazole rings is 1. The Balaban J connectivity index is 1.47. The molecule has 43 heavy (non-hydrogen) atoms. The number of likely N-dealkylation sites (tertiary alicyclic amines) is 1. The van der Waals surface area contributed by atoms with Crippen LogP contribution in [0.1, 0.15) is 87.3 Å². The summed E-state index contributed by atoms with van der Waals surface area (Å²) in [5, 5.41) is 28.8. The number of benzene rings is 2. The number of amides is 3. The number of nitriles is 1. The fraction of sp³-hybridized carbons (Fsp3) is 0.452. The van der Waals surface area contributed by atoms with Gasteiger partial charge in [0.2, 0.25) is 17.7 Å². The summed E-state index contributed by atoms with van der Waals surface area (Å²) in [4.78, 5) is 39.3. The quantitative estimate of drug-likeness (QED) is 0.291. The SMILES string of the molecule is N#CC1CCCN1C(=O)CN[C@H](CC1(c2nn[nH]n2)c2ccc(C(N)=O)cc2CCc2cc(C(N)=O)ccc21)C1CCC1. The maximum atomic E-state index is 13.3. The molecule has 2 aromatic carbocycles. The monoisotopic (exact) mass is 581 g/mol. The number of H-pyrrole nitrogens is 1. The third-order valence-electron chi connectivity index (χ3n) is 9.57. The Hall–Kier alpha value is -4.63. The van der Waals surface area contributed by atoms with Crippen LogP contribution in [0, 0.1) is 17.2 Å². The maximum absolute atomic E-state index is 13.3. The summed E-state index contributed by atoms with van der Waals surface area (Å²) >= 11 is 0. The average molecular weight is 582 g/mol. The van der Waals surface area contributed by atoms with Gasteiger partial charge in [0.15, 0.2) is 5.82 Å². The Labute approximate surface area is 249 Å². The Morgan fingerprint density at radius 2 is 1.67 bits per heavy atom. The zero-order valence-corrected chi connectivity index (χ0v) is 23.9. The van der Waals surface area contributed by atoms with Crippen LogP contribution < -0.4 is 16.8 Å². The van der Waals surface area contributed by atoms with Crippen molar-refractivity contribution < 1.29 is 14.4 Å². The van der Waals surface area contributed by atoms with Crippen LogP contribution in [0.3, 0.4) is 0 Å². The number of carbonyl (C=O) groups is 3. The fourth-order valence-corrected chi connectivity index (χ4v) is 7.15. The molecule has 1 saturated carbocycles. The van der Waals surface area contributed by atoms with Crippen molar-refractivity contribution in [2.75, 3.05) is 13.1 Å². The molecule has 222 valence electrons. The number of nitrogens with one attached hydrogen (secondary N) is 2. The topological polar surface area (TPSA) is 197 Å². The molecule has 2 fully saturated rings. The van der Waals surface area contributed by atoms with Gasteiger partial charge in [-0.1, -0.05) is 23.8 Å². The van der Waals surface area contributed by atoms with E-state index in [4.69, 9.17) is 11.5 Å². The second-order valence-corrected chi connectivity index (χ2v) is 11.9. The number of nitrogens with two attached hydrogens (primary N) is 2. The van der Waals surface area contributed by atoms with E-state index in [-0.39, 0.29) is 24.5 Å². The van der Waals surface area contributed by atoms with Crippen molar-refractivity contribution in [1.82, 2.24) is 30.8 Å². The normalized spacial score (nSPS) is 19.8. The van der Waals surface area contributed by atoms with E-state index in [0.717, 1.165) is 47.9 Å². The third kappa shape index (κ3) is 5.14. The zero-order valence-electron chi connectivity index (χ0n) is 23.9. The van der Waals surface area contributed by atoms with Crippen LogP contribution in [0.2, 0.25) is 0 Å². The van der Waals surface area contributed by atoms with Crippen molar-refractivity contribution in [1.29, 1.82) is 5.26 Å². The second kappa shape index (κ2) is 11.6. The lowest BCUT2D eigenvalue weighted by atomic mass is 9.64. The first-order chi connectivity index (χ1) is 20.8. The van der Waals surface area contributed by atoms with Crippen molar-refractivity contribution in [3.8, 4) is 6.07 Å². The molecule has 1 saturated heterocycles. The molecule has 12 nitrogen and oxygen atoms in total. The van der Waals surface area contributed by atoms with Crippen molar-refractivity contribution >= 4 is 17.7 Å². The molecule has 6 N–H and O–H groups in total. The number of aromatic amines is 1. The predicted octanol–water partition coefficient (Wildman–Crippen LogP) is 1.49. The molecule has 0 radical (unpaired) electrons. The highest BCUT2D eigenvalue weighted by atomic mass is 16.2. The predicted molar refractivity (Wildman–Crippen MR) is 155 cm³/mol. The Morgan fingerprint density at radius 3 is 2.19 bits per heavy atom. The number of carbonyl (C=O) groups excluding carboxylic acids is 3. The minimum Gasteiger partial charge on any atom is -0.366 e. The van der Waals surface area contributed by atoms with Crippen molar-refractivity contribution in [3.05, 3.63) is 75.6 Å². The van der Waals surface area contributed by atoms with E-state index in [1.807, 2.05) is 24.3 Å². The molecule has 12 heteroatoms. The molecule has 3 amide bonds. The number of aromatic nitrogens is 4. The summed E-state index contributed by atoms with van der Waals surface area (Å²) in [6.45, 7) is 0.702. The molecule has 0 spiro atoms. The van der Waals surface area contributed by atoms with Gasteiger partial charge in [-0.05, 0) is 97.4 Å². The van der Waals surface area contributed by atoms with Crippen LogP contribution in [-0.2, 0) is 23.1 Å². The molecule has 2 heterocycles. The molecule has 3 aromatic rings. The molecule has 2 atom stereocenters. The van der Waals surface area contributed by atoms with Crippen molar-refractivity contribution in [3.63, 3.8) is 0 Å². The lowest BCUT2D eigenvalue weighted by molar-refractivity contribution is -0.130. The first-order valence-electron chi connectivity index (χ1n) is 14.8. The fourth-order valence-electron chi connectivity index (χ4n) is 7.15. The lowest BCUT2D eigenvalue weighted by Crippen LogP contribution is -2.50. The van der Waals surface area contributed by atoms with Gasteiger partial charge in [-0.15, -0.1) is 10.2 Å². The van der Waals surface area contributed by atoms with Crippen LogP contribution in [0.15, 0.2) is 36.4 Å². The second-order valence-electron chi connectivity index (χ2n) is 11.9. The van der Waals surface area contributed by atoms with E-state index < -0.39 is 17.2 Å². The molecular weight excluding hydrogens is 546 g/mol. The molecule has 1 unspecified atom stereocenters. The summed E-state index contributed by atoms with van der Waals surface area (Å²) in [6, 6.07) is 12.7. The van der Waals surface area contributed by atoms with Crippen LogP contribution in [0.4, 0.5) is 0 Å². The highest BCUT2D eigenvalue weighted by molar-refractivity contribution is 5.94. The van der Waals surface area contributed by atoms with Gasteiger partial charge in [0.05, 0.1) is 18.0 Å². The standard InChI is InChI=1S/C31H35N9O3/c32-16-23-5-2-12-40(23)27(41)17-35-26(18-3-1-4-18)15-31(30-36-38-39-37-30)24-10-8-21(28(33)42)13-19(24)6-7-20-14-22(29(34)43)9-11-25(20)31/h8-11,13-14,18,23,26,35H,1-7,12,15,17H2,(H2,33,42)(H2,34,43)(H,36,37,38,39)/t23?,26-/m1/s1. The molecule has 1 aromatic heterocycles. The van der Waals surface area contributed by atoms with Crippen LogP contribution >= 0.6 is 0 Å². The zero-order chi connectivity index (χ0) is 30.1. The number of aryl methyl sites for hydroxylation is 2. The van der Waals surface area contributed by atoms with Crippen molar-refractivity contribution in [2.45, 2.75) is 68.9 Å². The highest BCUT2D eigenvalue weighted by Crippen LogP contribution is 2.48. The van der Waals surface area contributed by atoms with E-state index in [1.54, 1.807) is 17.0 Å². The number of hydrogen-bond acceptors (Lipinski definition) is 8.